The first kappa shape index (κ1) is 29.5. The maximum Gasteiger partial charge on any atom is 0.261 e. The number of nitrogens with zero attached hydrogens (tertiary/aromatic N) is 2. The van der Waals surface area contributed by atoms with Gasteiger partial charge >= 0.3 is 0 Å². The van der Waals surface area contributed by atoms with Crippen LogP contribution in [0.4, 0.5) is 0 Å². The molecule has 0 saturated heterocycles. The SMILES string of the molecule is COc1cccc(CN(C(=O)CCCN2C(=O)c3ccccc3C2=O)[C@@H](Cc2ccccc2)C(=O)NCC(C)C)c1. The van der Waals surface area contributed by atoms with E-state index in [2.05, 4.69) is 5.32 Å². The largest absolute Gasteiger partial charge is 0.497 e. The van der Waals surface area contributed by atoms with E-state index in [0.29, 0.717) is 29.8 Å². The topological polar surface area (TPSA) is 96.0 Å². The summed E-state index contributed by atoms with van der Waals surface area (Å²) in [5, 5.41) is 3.01. The third-order valence-corrected chi connectivity index (χ3v) is 7.09. The van der Waals surface area contributed by atoms with E-state index in [1.165, 1.54) is 4.90 Å². The molecule has 8 nitrogen and oxygen atoms in total. The summed E-state index contributed by atoms with van der Waals surface area (Å²) in [5.41, 5.74) is 2.53. The molecule has 0 spiro atoms. The van der Waals surface area contributed by atoms with Gasteiger partial charge in [-0.25, -0.2) is 0 Å². The Hall–Kier alpha value is -4.46. The average molecular weight is 556 g/mol. The third-order valence-electron chi connectivity index (χ3n) is 7.09. The number of carbonyl (C=O) groups is 4. The molecule has 1 N–H and O–H groups in total. The molecule has 1 heterocycles. The Morgan fingerprint density at radius 3 is 2.15 bits per heavy atom. The highest BCUT2D eigenvalue weighted by atomic mass is 16.5. The number of carbonyl (C=O) groups excluding carboxylic acids is 4. The molecule has 0 fully saturated rings. The number of rotatable bonds is 13. The monoisotopic (exact) mass is 555 g/mol. The van der Waals surface area contributed by atoms with Crippen LogP contribution in [-0.4, -0.2) is 59.7 Å². The number of imide groups is 1. The van der Waals surface area contributed by atoms with Gasteiger partial charge in [0.2, 0.25) is 11.8 Å². The van der Waals surface area contributed by atoms with Crippen LogP contribution in [0.15, 0.2) is 78.9 Å². The van der Waals surface area contributed by atoms with Gasteiger partial charge in [0.15, 0.2) is 0 Å². The summed E-state index contributed by atoms with van der Waals surface area (Å²) in [6.45, 7) is 4.85. The Balaban J connectivity index is 1.55. The number of hydrogen-bond donors (Lipinski definition) is 1. The highest BCUT2D eigenvalue weighted by Gasteiger charge is 2.35. The zero-order valence-corrected chi connectivity index (χ0v) is 23.8. The van der Waals surface area contributed by atoms with E-state index in [1.54, 1.807) is 36.3 Å². The number of amides is 4. The first-order chi connectivity index (χ1) is 19.8. The van der Waals surface area contributed by atoms with Crippen molar-refractivity contribution in [2.75, 3.05) is 20.2 Å². The minimum atomic E-state index is -0.755. The van der Waals surface area contributed by atoms with E-state index in [-0.39, 0.29) is 55.5 Å². The lowest BCUT2D eigenvalue weighted by molar-refractivity contribution is -0.141. The molecule has 4 rings (SSSR count). The normalized spacial score (nSPS) is 13.2. The van der Waals surface area contributed by atoms with Gasteiger partial charge in [-0.2, -0.15) is 0 Å². The molecular weight excluding hydrogens is 518 g/mol. The fourth-order valence-electron chi connectivity index (χ4n) is 4.92. The van der Waals surface area contributed by atoms with Crippen LogP contribution in [0.1, 0.15) is 58.5 Å². The predicted molar refractivity (Wildman–Crippen MR) is 156 cm³/mol. The first-order valence-electron chi connectivity index (χ1n) is 14.0. The Morgan fingerprint density at radius 2 is 1.51 bits per heavy atom. The summed E-state index contributed by atoms with van der Waals surface area (Å²) in [6, 6.07) is 23.0. The van der Waals surface area contributed by atoms with E-state index >= 15 is 0 Å². The van der Waals surface area contributed by atoms with Crippen LogP contribution in [0.3, 0.4) is 0 Å². The molecule has 0 unspecified atom stereocenters. The van der Waals surface area contributed by atoms with Crippen LogP contribution >= 0.6 is 0 Å². The van der Waals surface area contributed by atoms with Gasteiger partial charge in [-0.15, -0.1) is 0 Å². The molecule has 0 bridgehead atoms. The molecule has 1 aliphatic rings. The summed E-state index contributed by atoms with van der Waals surface area (Å²) < 4.78 is 5.38. The van der Waals surface area contributed by atoms with Crippen molar-refractivity contribution in [1.29, 1.82) is 0 Å². The molecule has 4 amide bonds. The molecule has 0 aromatic heterocycles. The molecule has 41 heavy (non-hydrogen) atoms. The van der Waals surface area contributed by atoms with E-state index in [0.717, 1.165) is 11.1 Å². The van der Waals surface area contributed by atoms with Crippen LogP contribution < -0.4 is 10.1 Å². The van der Waals surface area contributed by atoms with Crippen molar-refractivity contribution < 1.29 is 23.9 Å². The van der Waals surface area contributed by atoms with Crippen molar-refractivity contribution in [3.63, 3.8) is 0 Å². The number of hydrogen-bond acceptors (Lipinski definition) is 5. The average Bonchev–Trinajstić information content (AvgIpc) is 3.23. The smallest absolute Gasteiger partial charge is 0.261 e. The van der Waals surface area contributed by atoms with Crippen molar-refractivity contribution in [2.24, 2.45) is 5.92 Å². The quantitative estimate of drug-likeness (QED) is 0.314. The zero-order valence-electron chi connectivity index (χ0n) is 23.8. The molecule has 214 valence electrons. The lowest BCUT2D eigenvalue weighted by Gasteiger charge is -2.32. The maximum atomic E-state index is 13.9. The molecular formula is C33H37N3O5. The van der Waals surface area contributed by atoms with E-state index in [1.807, 2.05) is 68.4 Å². The molecule has 8 heteroatoms. The highest BCUT2D eigenvalue weighted by Crippen LogP contribution is 2.24. The minimum Gasteiger partial charge on any atom is -0.497 e. The standard InChI is InChI=1S/C33H37N3O5/c1-23(2)21-34-31(38)29(20-24-11-5-4-6-12-24)36(22-25-13-9-14-26(19-25)41-3)30(37)17-10-18-35-32(39)27-15-7-8-16-28(27)33(35)40/h4-9,11-16,19,23,29H,10,17-18,20-22H2,1-3H3,(H,34,38)/t29-/m0/s1. The van der Waals surface area contributed by atoms with Crippen molar-refractivity contribution >= 4 is 23.6 Å². The molecule has 0 aliphatic carbocycles. The molecule has 0 saturated carbocycles. The van der Waals surface area contributed by atoms with Crippen molar-refractivity contribution in [3.8, 4) is 5.75 Å². The molecule has 1 atom stereocenters. The number of methoxy groups -OCH3 is 1. The second-order valence-corrected chi connectivity index (χ2v) is 10.6. The molecule has 0 radical (unpaired) electrons. The predicted octanol–water partition coefficient (Wildman–Crippen LogP) is 4.48. The number of nitrogens with one attached hydrogen (secondary N) is 1. The van der Waals surface area contributed by atoms with Gasteiger partial charge < -0.3 is 15.0 Å². The van der Waals surface area contributed by atoms with Gasteiger partial charge in [-0.3, -0.25) is 24.1 Å². The first-order valence-corrected chi connectivity index (χ1v) is 14.0. The second kappa shape index (κ2) is 13.7. The summed E-state index contributed by atoms with van der Waals surface area (Å²) in [5.74, 6) is -0.241. The van der Waals surface area contributed by atoms with Crippen molar-refractivity contribution in [1.82, 2.24) is 15.1 Å². The maximum absolute atomic E-state index is 13.9. The van der Waals surface area contributed by atoms with E-state index in [9.17, 15) is 19.2 Å². The Morgan fingerprint density at radius 1 is 0.878 bits per heavy atom. The van der Waals surface area contributed by atoms with Gasteiger partial charge in [0.05, 0.1) is 18.2 Å². The number of ether oxygens (including phenoxy) is 1. The van der Waals surface area contributed by atoms with Gasteiger partial charge in [-0.1, -0.05) is 68.4 Å². The highest BCUT2D eigenvalue weighted by molar-refractivity contribution is 6.21. The van der Waals surface area contributed by atoms with Crippen molar-refractivity contribution in [3.05, 3.63) is 101 Å². The van der Waals surface area contributed by atoms with Crippen LogP contribution in [-0.2, 0) is 22.6 Å². The molecule has 3 aromatic rings. The Labute approximate surface area is 241 Å². The lowest BCUT2D eigenvalue weighted by Crippen LogP contribution is -2.51. The molecule has 1 aliphatic heterocycles. The zero-order chi connectivity index (χ0) is 29.4. The van der Waals surface area contributed by atoms with E-state index < -0.39 is 6.04 Å². The second-order valence-electron chi connectivity index (χ2n) is 10.6. The summed E-state index contributed by atoms with van der Waals surface area (Å²) in [7, 11) is 1.58. The number of fused-ring (bicyclic) bond motifs is 1. The van der Waals surface area contributed by atoms with Gasteiger partial charge in [-0.05, 0) is 47.7 Å². The number of benzene rings is 3. The van der Waals surface area contributed by atoms with Crippen LogP contribution in [0.5, 0.6) is 5.75 Å². The lowest BCUT2D eigenvalue weighted by atomic mass is 10.0. The van der Waals surface area contributed by atoms with Crippen LogP contribution in [0.25, 0.3) is 0 Å². The summed E-state index contributed by atoms with van der Waals surface area (Å²) in [4.78, 5) is 55.8. The minimum absolute atomic E-state index is 0.0696. The molecule has 3 aromatic carbocycles. The fraction of sp³-hybridized carbons (Fsp3) is 0.333. The Bertz CT molecular complexity index is 1350. The Kier molecular flexibility index (Phi) is 9.90. The van der Waals surface area contributed by atoms with E-state index in [4.69, 9.17) is 4.74 Å². The third kappa shape index (κ3) is 7.39. The fourth-order valence-corrected chi connectivity index (χ4v) is 4.92. The summed E-state index contributed by atoms with van der Waals surface area (Å²) >= 11 is 0. The van der Waals surface area contributed by atoms with Crippen LogP contribution in [0.2, 0.25) is 0 Å². The van der Waals surface area contributed by atoms with Crippen LogP contribution in [0, 0.1) is 5.92 Å². The van der Waals surface area contributed by atoms with Gasteiger partial charge in [0.1, 0.15) is 11.8 Å². The van der Waals surface area contributed by atoms with Gasteiger partial charge in [0.25, 0.3) is 11.8 Å². The summed E-state index contributed by atoms with van der Waals surface area (Å²) in [6.07, 6.45) is 0.698. The van der Waals surface area contributed by atoms with Gasteiger partial charge in [0, 0.05) is 32.5 Å². The van der Waals surface area contributed by atoms with Crippen molar-refractivity contribution in [2.45, 2.75) is 45.7 Å².